The van der Waals surface area contributed by atoms with Crippen molar-refractivity contribution < 1.29 is 18.3 Å². The molecular weight excluding hydrogens is 282 g/mol. The number of aromatic nitrogens is 1. The normalized spacial score (nSPS) is 17.2. The molecule has 0 radical (unpaired) electrons. The summed E-state index contributed by atoms with van der Waals surface area (Å²) in [5.74, 6) is -0.316. The molecule has 1 saturated heterocycles. The number of sulfonamides is 1. The first kappa shape index (κ1) is 14.7. The number of carboxylic acid groups (broad SMARTS) is 1. The van der Waals surface area contributed by atoms with Gasteiger partial charge in [0, 0.05) is 26.2 Å². The number of piperazine rings is 1. The van der Waals surface area contributed by atoms with E-state index in [4.69, 9.17) is 5.11 Å². The third-order valence-corrected chi connectivity index (χ3v) is 4.64. The van der Waals surface area contributed by atoms with Crippen molar-refractivity contribution in [1.29, 1.82) is 0 Å². The van der Waals surface area contributed by atoms with Crippen LogP contribution in [-0.2, 0) is 10.0 Å². The molecule has 2 rings (SSSR count). The van der Waals surface area contributed by atoms with Gasteiger partial charge in [0.15, 0.2) is 0 Å². The molecular formula is C12H17N3O4S. The number of rotatable bonds is 3. The van der Waals surface area contributed by atoms with Gasteiger partial charge in [-0.25, -0.2) is 18.2 Å². The minimum atomic E-state index is -3.15. The van der Waals surface area contributed by atoms with E-state index < -0.39 is 16.0 Å². The van der Waals surface area contributed by atoms with Gasteiger partial charge in [-0.05, 0) is 19.1 Å². The highest BCUT2D eigenvalue weighted by atomic mass is 32.2. The first-order chi connectivity index (χ1) is 9.29. The van der Waals surface area contributed by atoms with E-state index in [1.807, 2.05) is 4.90 Å². The molecule has 8 heteroatoms. The second-order valence-electron chi connectivity index (χ2n) is 4.76. The Hall–Kier alpha value is -1.67. The van der Waals surface area contributed by atoms with Crippen LogP contribution in [-0.4, -0.2) is 61.2 Å². The number of carboxylic acids is 1. The van der Waals surface area contributed by atoms with Crippen LogP contribution in [0.15, 0.2) is 12.1 Å². The molecule has 0 saturated carbocycles. The lowest BCUT2D eigenvalue weighted by molar-refractivity contribution is 0.0695. The summed E-state index contributed by atoms with van der Waals surface area (Å²) in [4.78, 5) is 17.2. The fourth-order valence-electron chi connectivity index (χ4n) is 2.20. The molecule has 1 N–H and O–H groups in total. The van der Waals surface area contributed by atoms with Gasteiger partial charge >= 0.3 is 5.97 Å². The molecule has 1 fully saturated rings. The van der Waals surface area contributed by atoms with Crippen LogP contribution in [0.2, 0.25) is 0 Å². The zero-order chi connectivity index (χ0) is 14.9. The Bertz CT molecular complexity index is 622. The van der Waals surface area contributed by atoms with Crippen molar-refractivity contribution >= 4 is 21.8 Å². The van der Waals surface area contributed by atoms with Gasteiger partial charge in [0.05, 0.1) is 17.5 Å². The highest BCUT2D eigenvalue weighted by Crippen LogP contribution is 2.17. The van der Waals surface area contributed by atoms with E-state index in [0.29, 0.717) is 37.7 Å². The third-order valence-electron chi connectivity index (χ3n) is 3.33. The van der Waals surface area contributed by atoms with Gasteiger partial charge in [-0.3, -0.25) is 0 Å². The van der Waals surface area contributed by atoms with Gasteiger partial charge in [0.2, 0.25) is 10.0 Å². The minimum Gasteiger partial charge on any atom is -0.478 e. The molecule has 2 heterocycles. The van der Waals surface area contributed by atoms with Crippen LogP contribution in [0.1, 0.15) is 16.1 Å². The van der Waals surface area contributed by atoms with Crippen LogP contribution in [0.4, 0.5) is 5.82 Å². The van der Waals surface area contributed by atoms with E-state index in [1.165, 1.54) is 16.6 Å². The second-order valence-corrected chi connectivity index (χ2v) is 6.74. The van der Waals surface area contributed by atoms with E-state index >= 15 is 0 Å². The highest BCUT2D eigenvalue weighted by Gasteiger charge is 2.24. The molecule has 1 aromatic heterocycles. The Kier molecular flexibility index (Phi) is 3.96. The predicted octanol–water partition coefficient (Wildman–Crippen LogP) is 0.170. The van der Waals surface area contributed by atoms with Crippen LogP contribution < -0.4 is 4.90 Å². The Morgan fingerprint density at radius 1 is 1.25 bits per heavy atom. The number of pyridine rings is 1. The van der Waals surface area contributed by atoms with E-state index in [2.05, 4.69) is 4.98 Å². The smallest absolute Gasteiger partial charge is 0.337 e. The standard InChI is InChI=1S/C12H17N3O4S/c1-9-10(12(16)17)3-4-11(13-9)14-5-7-15(8-6-14)20(2,18)19/h3-4H,5-8H2,1-2H3,(H,16,17). The molecule has 1 aromatic rings. The van der Waals surface area contributed by atoms with E-state index in [0.717, 1.165) is 0 Å². The summed E-state index contributed by atoms with van der Waals surface area (Å²) in [6.45, 7) is 3.58. The van der Waals surface area contributed by atoms with Crippen molar-refractivity contribution in [3.8, 4) is 0 Å². The first-order valence-electron chi connectivity index (χ1n) is 6.20. The summed E-state index contributed by atoms with van der Waals surface area (Å²) in [7, 11) is -3.15. The molecule has 0 spiro atoms. The topological polar surface area (TPSA) is 90.8 Å². The molecule has 0 unspecified atom stereocenters. The lowest BCUT2D eigenvalue weighted by Gasteiger charge is -2.34. The average Bonchev–Trinajstić information content (AvgIpc) is 2.37. The minimum absolute atomic E-state index is 0.184. The van der Waals surface area contributed by atoms with Crippen molar-refractivity contribution in [2.75, 3.05) is 37.3 Å². The van der Waals surface area contributed by atoms with E-state index in [-0.39, 0.29) is 5.56 Å². The number of carbonyl (C=O) groups is 1. The molecule has 7 nitrogen and oxygen atoms in total. The zero-order valence-corrected chi connectivity index (χ0v) is 12.2. The van der Waals surface area contributed by atoms with Crippen molar-refractivity contribution in [3.05, 3.63) is 23.4 Å². The fraction of sp³-hybridized carbons (Fsp3) is 0.500. The van der Waals surface area contributed by atoms with Gasteiger partial charge in [-0.1, -0.05) is 0 Å². The van der Waals surface area contributed by atoms with Crippen molar-refractivity contribution in [2.45, 2.75) is 6.92 Å². The Morgan fingerprint density at radius 3 is 2.30 bits per heavy atom. The molecule has 0 atom stereocenters. The maximum absolute atomic E-state index is 11.4. The molecule has 20 heavy (non-hydrogen) atoms. The zero-order valence-electron chi connectivity index (χ0n) is 11.4. The summed E-state index contributed by atoms with van der Waals surface area (Å²) in [5, 5.41) is 8.96. The van der Waals surface area contributed by atoms with Crippen LogP contribution in [0.3, 0.4) is 0 Å². The molecule has 110 valence electrons. The Morgan fingerprint density at radius 2 is 1.85 bits per heavy atom. The monoisotopic (exact) mass is 299 g/mol. The van der Waals surface area contributed by atoms with Crippen LogP contribution in [0.5, 0.6) is 0 Å². The SMILES string of the molecule is Cc1nc(N2CCN(S(C)(=O)=O)CC2)ccc1C(=O)O. The molecule has 0 aromatic carbocycles. The van der Waals surface area contributed by atoms with E-state index in [9.17, 15) is 13.2 Å². The van der Waals surface area contributed by atoms with Gasteiger partial charge < -0.3 is 10.0 Å². The van der Waals surface area contributed by atoms with Crippen molar-refractivity contribution in [2.24, 2.45) is 0 Å². The van der Waals surface area contributed by atoms with Gasteiger partial charge in [0.1, 0.15) is 5.82 Å². The van der Waals surface area contributed by atoms with Gasteiger partial charge in [-0.15, -0.1) is 0 Å². The maximum Gasteiger partial charge on any atom is 0.337 e. The van der Waals surface area contributed by atoms with Crippen molar-refractivity contribution in [3.63, 3.8) is 0 Å². The molecule has 0 bridgehead atoms. The number of hydrogen-bond donors (Lipinski definition) is 1. The van der Waals surface area contributed by atoms with Gasteiger partial charge in [0.25, 0.3) is 0 Å². The predicted molar refractivity (Wildman–Crippen MR) is 74.6 cm³/mol. The number of hydrogen-bond acceptors (Lipinski definition) is 5. The number of anilines is 1. The Balaban J connectivity index is 2.11. The summed E-state index contributed by atoms with van der Waals surface area (Å²) < 4.78 is 24.3. The largest absolute Gasteiger partial charge is 0.478 e. The van der Waals surface area contributed by atoms with Crippen LogP contribution in [0.25, 0.3) is 0 Å². The molecule has 1 aliphatic heterocycles. The molecule has 1 aliphatic rings. The van der Waals surface area contributed by atoms with Crippen LogP contribution >= 0.6 is 0 Å². The number of aromatic carboxylic acids is 1. The average molecular weight is 299 g/mol. The number of nitrogens with zero attached hydrogens (tertiary/aromatic N) is 3. The van der Waals surface area contributed by atoms with Crippen LogP contribution in [0, 0.1) is 6.92 Å². The summed E-state index contributed by atoms with van der Waals surface area (Å²) >= 11 is 0. The van der Waals surface area contributed by atoms with Crippen molar-refractivity contribution in [1.82, 2.24) is 9.29 Å². The summed E-state index contributed by atoms with van der Waals surface area (Å²) in [5.41, 5.74) is 0.643. The number of aryl methyl sites for hydroxylation is 1. The van der Waals surface area contributed by atoms with E-state index in [1.54, 1.807) is 13.0 Å². The Labute approximate surface area is 117 Å². The maximum atomic E-state index is 11.4. The lowest BCUT2D eigenvalue weighted by Crippen LogP contribution is -2.48. The molecule has 0 amide bonds. The molecule has 0 aliphatic carbocycles. The lowest BCUT2D eigenvalue weighted by atomic mass is 10.2. The third kappa shape index (κ3) is 3.07. The summed E-state index contributed by atoms with van der Waals surface area (Å²) in [6, 6.07) is 3.19. The quantitative estimate of drug-likeness (QED) is 0.855. The first-order valence-corrected chi connectivity index (χ1v) is 8.05. The second kappa shape index (κ2) is 5.37. The fourth-order valence-corrected chi connectivity index (χ4v) is 3.03. The van der Waals surface area contributed by atoms with Gasteiger partial charge in [-0.2, -0.15) is 4.31 Å². The summed E-state index contributed by atoms with van der Waals surface area (Å²) in [6.07, 6.45) is 1.20. The highest BCUT2D eigenvalue weighted by molar-refractivity contribution is 7.88.